The van der Waals surface area contributed by atoms with Crippen LogP contribution in [0.2, 0.25) is 0 Å². The van der Waals surface area contributed by atoms with Crippen LogP contribution in [0.25, 0.3) is 11.2 Å². The van der Waals surface area contributed by atoms with E-state index in [1.54, 1.807) is 12.1 Å². The van der Waals surface area contributed by atoms with Crippen molar-refractivity contribution in [3.63, 3.8) is 0 Å². The number of hydrogen-bond donors (Lipinski definition) is 4. The molecule has 0 saturated carbocycles. The molecule has 5 atom stereocenters. The average molecular weight is 508 g/mol. The van der Waals surface area contributed by atoms with Crippen molar-refractivity contribution >= 4 is 33.8 Å². The molecule has 150 valence electrons. The molecule has 10 heteroatoms. The highest BCUT2D eigenvalue weighted by atomic mass is 127. The Balaban J connectivity index is 1.69. The van der Waals surface area contributed by atoms with Crippen LogP contribution in [0.4, 0.5) is 0 Å². The second-order valence-electron chi connectivity index (χ2n) is 6.47. The zero-order valence-corrected chi connectivity index (χ0v) is 17.1. The van der Waals surface area contributed by atoms with E-state index >= 15 is 0 Å². The number of fused-ring (bicyclic) bond motifs is 1. The Labute approximate surface area is 179 Å². The number of ether oxygens (including phenoxy) is 1. The van der Waals surface area contributed by atoms with Crippen LogP contribution in [-0.2, 0) is 4.74 Å². The number of imidazole rings is 1. The van der Waals surface area contributed by atoms with Crippen LogP contribution in [0.1, 0.15) is 23.7 Å². The summed E-state index contributed by atoms with van der Waals surface area (Å²) >= 11 is 2.00. The number of benzene rings is 1. The number of aliphatic hydroxyl groups is 4. The third-order valence-corrected chi connectivity index (χ3v) is 5.36. The number of hydrogen-bond acceptors (Lipinski definition) is 8. The van der Waals surface area contributed by atoms with Crippen molar-refractivity contribution in [3.8, 4) is 11.8 Å². The molecule has 4 N–H and O–H groups in total. The van der Waals surface area contributed by atoms with Gasteiger partial charge in [-0.1, -0.05) is 36.3 Å². The van der Waals surface area contributed by atoms with Gasteiger partial charge in [0.25, 0.3) is 0 Å². The van der Waals surface area contributed by atoms with Crippen LogP contribution >= 0.6 is 22.6 Å². The standard InChI is InChI=1S/C19H17IN4O5/c20-17-14-18(24(9-21-14)19-16(28)15(27)12(8-25)29-19)23-13(22-17)7-6-11(26)10-4-2-1-3-5-10/h1-5,9,11-12,15-16,19,25-28H,8H2/t11-,12-,15-,16-,19-/m1/s1. The molecule has 0 unspecified atom stereocenters. The van der Waals surface area contributed by atoms with E-state index in [1.165, 1.54) is 10.9 Å². The molecule has 1 aliphatic rings. The summed E-state index contributed by atoms with van der Waals surface area (Å²) in [5.74, 6) is 5.65. The van der Waals surface area contributed by atoms with E-state index in [0.29, 0.717) is 20.4 Å². The summed E-state index contributed by atoms with van der Waals surface area (Å²) in [6.07, 6.45) is -3.92. The van der Waals surface area contributed by atoms with Crippen molar-refractivity contribution < 1.29 is 25.2 Å². The molecule has 2 aromatic heterocycles. The van der Waals surface area contributed by atoms with Crippen LogP contribution in [0.15, 0.2) is 36.7 Å². The van der Waals surface area contributed by atoms with E-state index in [2.05, 4.69) is 26.8 Å². The number of aliphatic hydroxyl groups excluding tert-OH is 4. The fraction of sp³-hybridized carbons (Fsp3) is 0.316. The third-order valence-electron chi connectivity index (χ3n) is 4.61. The topological polar surface area (TPSA) is 134 Å². The average Bonchev–Trinajstić information content (AvgIpc) is 3.28. The van der Waals surface area contributed by atoms with Gasteiger partial charge in [-0.3, -0.25) is 4.57 Å². The maximum absolute atomic E-state index is 10.3. The molecular weight excluding hydrogens is 491 g/mol. The SMILES string of the molecule is OC[C@H]1O[C@@H](n2cnc3c(I)nc(C#C[C@@H](O)c4ccccc4)nc32)[C@H](O)[C@@H]1O. The van der Waals surface area contributed by atoms with Gasteiger partial charge in [0.15, 0.2) is 11.9 Å². The van der Waals surface area contributed by atoms with Crippen molar-refractivity contribution in [2.75, 3.05) is 6.61 Å². The van der Waals surface area contributed by atoms with Gasteiger partial charge < -0.3 is 25.2 Å². The molecule has 1 aliphatic heterocycles. The van der Waals surface area contributed by atoms with Crippen LogP contribution < -0.4 is 0 Å². The monoisotopic (exact) mass is 508 g/mol. The molecule has 1 saturated heterocycles. The lowest BCUT2D eigenvalue weighted by Crippen LogP contribution is -2.33. The van der Waals surface area contributed by atoms with Crippen molar-refractivity contribution in [2.45, 2.75) is 30.6 Å². The summed E-state index contributed by atoms with van der Waals surface area (Å²) in [7, 11) is 0. The Kier molecular flexibility index (Phi) is 5.77. The maximum atomic E-state index is 10.3. The lowest BCUT2D eigenvalue weighted by atomic mass is 10.1. The van der Waals surface area contributed by atoms with Gasteiger partial charge in [0.1, 0.15) is 33.6 Å². The molecule has 0 spiro atoms. The van der Waals surface area contributed by atoms with E-state index in [4.69, 9.17) is 4.74 Å². The van der Waals surface area contributed by atoms with Gasteiger partial charge in [-0.05, 0) is 34.1 Å². The number of nitrogens with zero attached hydrogens (tertiary/aromatic N) is 4. The number of halogens is 1. The molecule has 1 fully saturated rings. The van der Waals surface area contributed by atoms with Crippen LogP contribution in [0.3, 0.4) is 0 Å². The molecule has 0 amide bonds. The summed E-state index contributed by atoms with van der Waals surface area (Å²) in [4.78, 5) is 12.9. The van der Waals surface area contributed by atoms with Gasteiger partial charge in [-0.2, -0.15) is 0 Å². The van der Waals surface area contributed by atoms with Gasteiger partial charge >= 0.3 is 0 Å². The highest BCUT2D eigenvalue weighted by molar-refractivity contribution is 14.1. The van der Waals surface area contributed by atoms with Gasteiger partial charge in [0, 0.05) is 0 Å². The normalized spacial score (nSPS) is 25.0. The molecule has 29 heavy (non-hydrogen) atoms. The Bertz CT molecular complexity index is 1080. The lowest BCUT2D eigenvalue weighted by molar-refractivity contribution is -0.0511. The van der Waals surface area contributed by atoms with Crippen LogP contribution in [0, 0.1) is 15.5 Å². The van der Waals surface area contributed by atoms with Crippen LogP contribution in [0.5, 0.6) is 0 Å². The molecule has 0 radical (unpaired) electrons. The largest absolute Gasteiger partial charge is 0.394 e. The molecule has 0 bridgehead atoms. The predicted molar refractivity (Wildman–Crippen MR) is 109 cm³/mol. The van der Waals surface area contributed by atoms with Crippen molar-refractivity contribution in [2.24, 2.45) is 0 Å². The molecule has 1 aromatic carbocycles. The molecule has 3 heterocycles. The Morgan fingerprint density at radius 3 is 2.62 bits per heavy atom. The minimum atomic E-state index is -1.26. The van der Waals surface area contributed by atoms with Gasteiger partial charge in [0.05, 0.1) is 12.9 Å². The summed E-state index contributed by atoms with van der Waals surface area (Å²) in [5.41, 5.74) is 1.50. The quantitative estimate of drug-likeness (QED) is 0.223. The Morgan fingerprint density at radius 1 is 1.17 bits per heavy atom. The Hall–Kier alpha value is -2.14. The zero-order chi connectivity index (χ0) is 20.5. The third kappa shape index (κ3) is 3.85. The highest BCUT2D eigenvalue weighted by Gasteiger charge is 2.44. The van der Waals surface area contributed by atoms with Crippen molar-refractivity contribution in [1.29, 1.82) is 0 Å². The summed E-state index contributed by atoms with van der Waals surface area (Å²) < 4.78 is 7.57. The minimum absolute atomic E-state index is 0.172. The number of aromatic nitrogens is 4. The summed E-state index contributed by atoms with van der Waals surface area (Å²) in [5, 5.41) is 39.8. The van der Waals surface area contributed by atoms with E-state index in [0.717, 1.165) is 0 Å². The maximum Gasteiger partial charge on any atom is 0.208 e. The van der Waals surface area contributed by atoms with Gasteiger partial charge in [-0.15, -0.1) is 0 Å². The highest BCUT2D eigenvalue weighted by Crippen LogP contribution is 2.31. The van der Waals surface area contributed by atoms with Crippen molar-refractivity contribution in [1.82, 2.24) is 19.5 Å². The molecule has 3 aromatic rings. The summed E-state index contributed by atoms with van der Waals surface area (Å²) in [6.45, 7) is -0.429. The first-order valence-corrected chi connectivity index (χ1v) is 9.84. The summed E-state index contributed by atoms with van der Waals surface area (Å²) in [6, 6.07) is 9.01. The van der Waals surface area contributed by atoms with Crippen molar-refractivity contribution in [3.05, 3.63) is 51.7 Å². The van der Waals surface area contributed by atoms with E-state index in [9.17, 15) is 20.4 Å². The molecular formula is C19H17IN4O5. The fourth-order valence-corrected chi connectivity index (χ4v) is 3.69. The van der Waals surface area contributed by atoms with E-state index < -0.39 is 37.3 Å². The Morgan fingerprint density at radius 2 is 1.93 bits per heavy atom. The lowest BCUT2D eigenvalue weighted by Gasteiger charge is -2.16. The first kappa shape index (κ1) is 20.1. The second-order valence-corrected chi connectivity index (χ2v) is 7.50. The van der Waals surface area contributed by atoms with Crippen LogP contribution in [-0.4, -0.2) is 64.9 Å². The fourth-order valence-electron chi connectivity index (χ4n) is 3.09. The minimum Gasteiger partial charge on any atom is -0.394 e. The number of rotatable bonds is 3. The zero-order valence-electron chi connectivity index (χ0n) is 14.9. The van der Waals surface area contributed by atoms with Gasteiger partial charge in [0.2, 0.25) is 5.82 Å². The molecule has 0 aliphatic carbocycles. The van der Waals surface area contributed by atoms with E-state index in [1.807, 2.05) is 40.8 Å². The smallest absolute Gasteiger partial charge is 0.208 e. The first-order valence-electron chi connectivity index (χ1n) is 8.76. The molecule has 9 nitrogen and oxygen atoms in total. The first-order chi connectivity index (χ1) is 14.0. The van der Waals surface area contributed by atoms with E-state index in [-0.39, 0.29) is 5.82 Å². The predicted octanol–water partition coefficient (Wildman–Crippen LogP) is 0.128. The van der Waals surface area contributed by atoms with Gasteiger partial charge in [-0.25, -0.2) is 15.0 Å². The molecule has 4 rings (SSSR count). The second kappa shape index (κ2) is 8.31.